The average molecular weight is 207 g/mol. The van der Waals surface area contributed by atoms with E-state index < -0.39 is 0 Å². The van der Waals surface area contributed by atoms with E-state index in [0.717, 1.165) is 5.82 Å². The molecule has 1 aromatic heterocycles. The van der Waals surface area contributed by atoms with Gasteiger partial charge in [0, 0.05) is 12.0 Å². The Morgan fingerprint density at radius 3 is 2.60 bits per heavy atom. The van der Waals surface area contributed by atoms with Crippen LogP contribution in [-0.2, 0) is 0 Å². The molecule has 0 unspecified atom stereocenters. The van der Waals surface area contributed by atoms with Crippen molar-refractivity contribution in [2.75, 3.05) is 5.32 Å². The fourth-order valence-corrected chi connectivity index (χ4v) is 2.22. The van der Waals surface area contributed by atoms with Crippen molar-refractivity contribution in [1.82, 2.24) is 10.1 Å². The SMILES string of the molecule is C1CCC(c2noc(NC3CC3)n2)CC1. The number of hydrogen-bond acceptors (Lipinski definition) is 4. The summed E-state index contributed by atoms with van der Waals surface area (Å²) in [4.78, 5) is 4.43. The van der Waals surface area contributed by atoms with Gasteiger partial charge in [-0.15, -0.1) is 0 Å². The summed E-state index contributed by atoms with van der Waals surface area (Å²) in [5, 5.41) is 7.31. The first-order valence-electron chi connectivity index (χ1n) is 6.02. The van der Waals surface area contributed by atoms with Crippen LogP contribution in [0.4, 0.5) is 6.01 Å². The number of nitrogens with zero attached hydrogens (tertiary/aromatic N) is 2. The summed E-state index contributed by atoms with van der Waals surface area (Å²) in [6, 6.07) is 1.21. The maximum Gasteiger partial charge on any atom is 0.321 e. The molecular weight excluding hydrogens is 190 g/mol. The molecule has 1 N–H and O–H groups in total. The standard InChI is InChI=1S/C11H17N3O/c1-2-4-8(5-3-1)10-13-11(15-14-10)12-9-6-7-9/h8-9H,1-7H2,(H,12,13,14). The fraction of sp³-hybridized carbons (Fsp3) is 0.818. The maximum absolute atomic E-state index is 5.20. The highest BCUT2D eigenvalue weighted by molar-refractivity contribution is 5.24. The molecule has 4 nitrogen and oxygen atoms in total. The molecule has 2 saturated carbocycles. The van der Waals surface area contributed by atoms with Gasteiger partial charge in [-0.1, -0.05) is 24.4 Å². The van der Waals surface area contributed by atoms with E-state index in [0.29, 0.717) is 18.0 Å². The highest BCUT2D eigenvalue weighted by Crippen LogP contribution is 2.32. The van der Waals surface area contributed by atoms with Crippen LogP contribution >= 0.6 is 0 Å². The normalized spacial score (nSPS) is 22.9. The predicted octanol–water partition coefficient (Wildman–Crippen LogP) is 2.69. The van der Waals surface area contributed by atoms with Gasteiger partial charge in [-0.05, 0) is 25.7 Å². The maximum atomic E-state index is 5.20. The molecule has 2 aliphatic carbocycles. The molecule has 0 radical (unpaired) electrons. The Morgan fingerprint density at radius 2 is 1.87 bits per heavy atom. The second-order valence-electron chi connectivity index (χ2n) is 4.71. The molecule has 0 aliphatic heterocycles. The Kier molecular flexibility index (Phi) is 2.35. The summed E-state index contributed by atoms with van der Waals surface area (Å²) in [5.41, 5.74) is 0. The molecule has 0 aromatic carbocycles. The van der Waals surface area contributed by atoms with Crippen LogP contribution in [0.5, 0.6) is 0 Å². The molecular formula is C11H17N3O. The second-order valence-corrected chi connectivity index (χ2v) is 4.71. The Hall–Kier alpha value is -1.06. The summed E-state index contributed by atoms with van der Waals surface area (Å²) in [6.45, 7) is 0. The van der Waals surface area contributed by atoms with Gasteiger partial charge < -0.3 is 9.84 Å². The Bertz CT molecular complexity index is 326. The van der Waals surface area contributed by atoms with E-state index in [1.807, 2.05) is 0 Å². The number of nitrogens with one attached hydrogen (secondary N) is 1. The van der Waals surface area contributed by atoms with Crippen LogP contribution in [0.15, 0.2) is 4.52 Å². The lowest BCUT2D eigenvalue weighted by Gasteiger charge is -2.17. The van der Waals surface area contributed by atoms with Crippen LogP contribution < -0.4 is 5.32 Å². The van der Waals surface area contributed by atoms with Crippen molar-refractivity contribution in [3.05, 3.63) is 5.82 Å². The van der Waals surface area contributed by atoms with Gasteiger partial charge in [-0.2, -0.15) is 4.98 Å². The molecule has 0 spiro atoms. The minimum absolute atomic E-state index is 0.539. The van der Waals surface area contributed by atoms with E-state index in [-0.39, 0.29) is 0 Å². The van der Waals surface area contributed by atoms with Gasteiger partial charge >= 0.3 is 6.01 Å². The third kappa shape index (κ3) is 2.13. The average Bonchev–Trinajstić information content (AvgIpc) is 2.96. The molecule has 4 heteroatoms. The predicted molar refractivity (Wildman–Crippen MR) is 56.8 cm³/mol. The minimum Gasteiger partial charge on any atom is -0.335 e. The van der Waals surface area contributed by atoms with Gasteiger partial charge in [0.2, 0.25) is 0 Å². The molecule has 82 valence electrons. The van der Waals surface area contributed by atoms with Gasteiger partial charge in [0.05, 0.1) is 0 Å². The van der Waals surface area contributed by atoms with E-state index in [4.69, 9.17) is 4.52 Å². The summed E-state index contributed by atoms with van der Waals surface area (Å²) in [7, 11) is 0. The number of anilines is 1. The highest BCUT2D eigenvalue weighted by atomic mass is 16.5. The molecule has 1 heterocycles. The van der Waals surface area contributed by atoms with Gasteiger partial charge in [-0.25, -0.2) is 0 Å². The number of aromatic nitrogens is 2. The van der Waals surface area contributed by atoms with Crippen LogP contribution in [0.25, 0.3) is 0 Å². The van der Waals surface area contributed by atoms with Crippen molar-refractivity contribution in [2.45, 2.75) is 56.9 Å². The van der Waals surface area contributed by atoms with Crippen molar-refractivity contribution >= 4 is 6.01 Å². The van der Waals surface area contributed by atoms with Crippen molar-refractivity contribution in [2.24, 2.45) is 0 Å². The monoisotopic (exact) mass is 207 g/mol. The molecule has 0 bridgehead atoms. The summed E-state index contributed by atoms with van der Waals surface area (Å²) < 4.78 is 5.20. The lowest BCUT2D eigenvalue weighted by Crippen LogP contribution is -2.06. The lowest BCUT2D eigenvalue weighted by molar-refractivity contribution is 0.385. The molecule has 15 heavy (non-hydrogen) atoms. The topological polar surface area (TPSA) is 51.0 Å². The molecule has 0 amide bonds. The molecule has 0 saturated heterocycles. The van der Waals surface area contributed by atoms with Crippen molar-refractivity contribution in [3.8, 4) is 0 Å². The molecule has 2 aliphatic rings. The summed E-state index contributed by atoms with van der Waals surface area (Å²) in [6.07, 6.45) is 8.91. The van der Waals surface area contributed by atoms with Crippen molar-refractivity contribution < 1.29 is 4.52 Å². The van der Waals surface area contributed by atoms with Crippen LogP contribution in [0.1, 0.15) is 56.7 Å². The van der Waals surface area contributed by atoms with Crippen LogP contribution in [-0.4, -0.2) is 16.2 Å². The van der Waals surface area contributed by atoms with E-state index in [2.05, 4.69) is 15.5 Å². The highest BCUT2D eigenvalue weighted by Gasteiger charge is 2.25. The van der Waals surface area contributed by atoms with E-state index in [9.17, 15) is 0 Å². The first-order valence-corrected chi connectivity index (χ1v) is 6.02. The zero-order chi connectivity index (χ0) is 10.1. The second kappa shape index (κ2) is 3.83. The van der Waals surface area contributed by atoms with E-state index in [1.165, 1.54) is 44.9 Å². The largest absolute Gasteiger partial charge is 0.335 e. The van der Waals surface area contributed by atoms with Gasteiger partial charge in [0.25, 0.3) is 0 Å². The Morgan fingerprint density at radius 1 is 1.07 bits per heavy atom. The van der Waals surface area contributed by atoms with Crippen molar-refractivity contribution in [1.29, 1.82) is 0 Å². The van der Waals surface area contributed by atoms with E-state index in [1.54, 1.807) is 0 Å². The minimum atomic E-state index is 0.539. The van der Waals surface area contributed by atoms with Gasteiger partial charge in [-0.3, -0.25) is 0 Å². The zero-order valence-corrected chi connectivity index (χ0v) is 8.91. The van der Waals surface area contributed by atoms with Crippen LogP contribution in [0.3, 0.4) is 0 Å². The smallest absolute Gasteiger partial charge is 0.321 e. The quantitative estimate of drug-likeness (QED) is 0.827. The third-order valence-corrected chi connectivity index (χ3v) is 3.32. The van der Waals surface area contributed by atoms with Gasteiger partial charge in [0.15, 0.2) is 5.82 Å². The summed E-state index contributed by atoms with van der Waals surface area (Å²) >= 11 is 0. The Balaban J connectivity index is 1.65. The molecule has 3 rings (SSSR count). The van der Waals surface area contributed by atoms with Crippen LogP contribution in [0, 0.1) is 0 Å². The molecule has 1 aromatic rings. The third-order valence-electron chi connectivity index (χ3n) is 3.32. The van der Waals surface area contributed by atoms with Crippen LogP contribution in [0.2, 0.25) is 0 Å². The van der Waals surface area contributed by atoms with Gasteiger partial charge in [0.1, 0.15) is 0 Å². The number of rotatable bonds is 3. The number of hydrogen-bond donors (Lipinski definition) is 1. The molecule has 2 fully saturated rings. The lowest BCUT2D eigenvalue weighted by atomic mass is 9.89. The van der Waals surface area contributed by atoms with E-state index >= 15 is 0 Å². The molecule has 0 atom stereocenters. The first-order chi connectivity index (χ1) is 7.42. The van der Waals surface area contributed by atoms with Crippen molar-refractivity contribution in [3.63, 3.8) is 0 Å². The Labute approximate surface area is 89.4 Å². The first kappa shape index (κ1) is 9.19. The zero-order valence-electron chi connectivity index (χ0n) is 8.91. The summed E-state index contributed by atoms with van der Waals surface area (Å²) in [5.74, 6) is 1.45. The fourth-order valence-electron chi connectivity index (χ4n) is 2.22.